The molecule has 154 valence electrons. The van der Waals surface area contributed by atoms with Gasteiger partial charge >= 0.3 is 11.8 Å². The highest BCUT2D eigenvalue weighted by molar-refractivity contribution is 6.39. The molecular formula is C22H27FN4O2. The van der Waals surface area contributed by atoms with E-state index in [4.69, 9.17) is 0 Å². The summed E-state index contributed by atoms with van der Waals surface area (Å²) < 4.78 is 13.0. The van der Waals surface area contributed by atoms with E-state index < -0.39 is 11.8 Å². The average Bonchev–Trinajstić information content (AvgIpc) is 2.68. The summed E-state index contributed by atoms with van der Waals surface area (Å²) >= 11 is 0. The Morgan fingerprint density at radius 2 is 1.55 bits per heavy atom. The Bertz CT molecular complexity index is 841. The summed E-state index contributed by atoms with van der Waals surface area (Å²) in [7, 11) is 0. The maximum absolute atomic E-state index is 13.0. The summed E-state index contributed by atoms with van der Waals surface area (Å²) in [5, 5.41) is 5.32. The van der Waals surface area contributed by atoms with Gasteiger partial charge in [-0.25, -0.2) is 4.39 Å². The molecule has 0 unspecified atom stereocenters. The molecule has 0 bridgehead atoms. The molecule has 2 N–H and O–H groups in total. The molecule has 2 aromatic rings. The molecule has 1 fully saturated rings. The van der Waals surface area contributed by atoms with E-state index in [-0.39, 0.29) is 5.82 Å². The van der Waals surface area contributed by atoms with Crippen LogP contribution in [0.5, 0.6) is 0 Å². The van der Waals surface area contributed by atoms with Gasteiger partial charge in [-0.3, -0.25) is 14.5 Å². The number of anilines is 2. The van der Waals surface area contributed by atoms with E-state index in [0.29, 0.717) is 18.8 Å². The summed E-state index contributed by atoms with van der Waals surface area (Å²) in [5.74, 6) is -1.52. The molecule has 1 aliphatic heterocycles. The van der Waals surface area contributed by atoms with Crippen LogP contribution in [0.25, 0.3) is 0 Å². The van der Waals surface area contributed by atoms with Gasteiger partial charge in [-0.15, -0.1) is 0 Å². The molecule has 0 atom stereocenters. The van der Waals surface area contributed by atoms with Crippen molar-refractivity contribution in [2.24, 2.45) is 0 Å². The third-order valence-corrected chi connectivity index (χ3v) is 4.96. The Hall–Kier alpha value is -2.93. The molecule has 1 heterocycles. The van der Waals surface area contributed by atoms with Gasteiger partial charge in [0.05, 0.1) is 0 Å². The number of aryl methyl sites for hydroxylation is 2. The number of hydrogen-bond donors (Lipinski definition) is 2. The van der Waals surface area contributed by atoms with Crippen molar-refractivity contribution in [1.82, 2.24) is 10.2 Å². The second-order valence-electron chi connectivity index (χ2n) is 7.39. The number of halogens is 1. The van der Waals surface area contributed by atoms with Gasteiger partial charge in [0.1, 0.15) is 5.82 Å². The number of amides is 2. The average molecular weight is 398 g/mol. The highest BCUT2D eigenvalue weighted by atomic mass is 19.1. The van der Waals surface area contributed by atoms with Crippen LogP contribution in [-0.2, 0) is 9.59 Å². The lowest BCUT2D eigenvalue weighted by atomic mass is 10.1. The van der Waals surface area contributed by atoms with Crippen molar-refractivity contribution in [3.8, 4) is 0 Å². The van der Waals surface area contributed by atoms with Gasteiger partial charge in [-0.2, -0.15) is 0 Å². The Morgan fingerprint density at radius 3 is 2.17 bits per heavy atom. The molecule has 0 spiro atoms. The van der Waals surface area contributed by atoms with Gasteiger partial charge in [0.15, 0.2) is 0 Å². The third kappa shape index (κ3) is 6.02. The number of benzene rings is 2. The highest BCUT2D eigenvalue weighted by Crippen LogP contribution is 2.17. The second-order valence-corrected chi connectivity index (χ2v) is 7.39. The van der Waals surface area contributed by atoms with Crippen molar-refractivity contribution in [2.45, 2.75) is 13.8 Å². The van der Waals surface area contributed by atoms with Gasteiger partial charge in [0.2, 0.25) is 0 Å². The van der Waals surface area contributed by atoms with E-state index in [9.17, 15) is 14.0 Å². The van der Waals surface area contributed by atoms with Crippen LogP contribution in [0.15, 0.2) is 42.5 Å². The quantitative estimate of drug-likeness (QED) is 0.759. The van der Waals surface area contributed by atoms with Crippen molar-refractivity contribution < 1.29 is 14.0 Å². The standard InChI is InChI=1S/C22H27FN4O2/c1-16-13-17(2)15-19(14-16)25-22(29)21(28)24-7-8-26-9-11-27(12-10-26)20-5-3-18(23)4-6-20/h3-6,13-15H,7-12H2,1-2H3,(H,24,28)(H,25,29). The topological polar surface area (TPSA) is 64.7 Å². The molecule has 2 amide bonds. The molecule has 6 nitrogen and oxygen atoms in total. The van der Waals surface area contributed by atoms with Crippen molar-refractivity contribution in [3.05, 3.63) is 59.4 Å². The highest BCUT2D eigenvalue weighted by Gasteiger charge is 2.18. The van der Waals surface area contributed by atoms with Crippen LogP contribution in [0.2, 0.25) is 0 Å². The number of hydrogen-bond acceptors (Lipinski definition) is 4. The molecule has 29 heavy (non-hydrogen) atoms. The van der Waals surface area contributed by atoms with Crippen LogP contribution in [0.1, 0.15) is 11.1 Å². The van der Waals surface area contributed by atoms with Crippen LogP contribution in [0.3, 0.4) is 0 Å². The summed E-state index contributed by atoms with van der Waals surface area (Å²) in [5.41, 5.74) is 3.70. The SMILES string of the molecule is Cc1cc(C)cc(NC(=O)C(=O)NCCN2CCN(c3ccc(F)cc3)CC2)c1. The van der Waals surface area contributed by atoms with Gasteiger partial charge in [0, 0.05) is 50.6 Å². The zero-order valence-corrected chi connectivity index (χ0v) is 16.9. The fourth-order valence-electron chi connectivity index (χ4n) is 3.52. The van der Waals surface area contributed by atoms with E-state index in [1.54, 1.807) is 12.1 Å². The minimum absolute atomic E-state index is 0.232. The maximum Gasteiger partial charge on any atom is 0.313 e. The number of rotatable bonds is 5. The molecule has 0 radical (unpaired) electrons. The summed E-state index contributed by atoms with van der Waals surface area (Å²) in [6.07, 6.45) is 0. The molecule has 1 aliphatic rings. The monoisotopic (exact) mass is 398 g/mol. The van der Waals surface area contributed by atoms with Crippen LogP contribution in [-0.4, -0.2) is 56.0 Å². The first kappa shape index (κ1) is 20.8. The number of nitrogens with one attached hydrogen (secondary N) is 2. The van der Waals surface area contributed by atoms with Gasteiger partial charge < -0.3 is 15.5 Å². The fraction of sp³-hybridized carbons (Fsp3) is 0.364. The molecule has 0 aliphatic carbocycles. The predicted molar refractivity (Wildman–Crippen MR) is 113 cm³/mol. The van der Waals surface area contributed by atoms with Crippen molar-refractivity contribution in [2.75, 3.05) is 49.5 Å². The zero-order chi connectivity index (χ0) is 20.8. The maximum atomic E-state index is 13.0. The van der Waals surface area contributed by atoms with E-state index in [1.807, 2.05) is 32.0 Å². The van der Waals surface area contributed by atoms with Gasteiger partial charge in [-0.05, 0) is 61.4 Å². The lowest BCUT2D eigenvalue weighted by Crippen LogP contribution is -2.49. The zero-order valence-electron chi connectivity index (χ0n) is 16.9. The molecule has 1 saturated heterocycles. The normalized spacial score (nSPS) is 14.5. The minimum atomic E-state index is -0.656. The first-order valence-electron chi connectivity index (χ1n) is 9.81. The Labute approximate surface area is 170 Å². The lowest BCUT2D eigenvalue weighted by molar-refractivity contribution is -0.136. The van der Waals surface area contributed by atoms with Crippen LogP contribution >= 0.6 is 0 Å². The first-order chi connectivity index (χ1) is 13.9. The van der Waals surface area contributed by atoms with Crippen LogP contribution < -0.4 is 15.5 Å². The third-order valence-electron chi connectivity index (χ3n) is 4.96. The Morgan fingerprint density at radius 1 is 0.931 bits per heavy atom. The molecule has 0 aromatic heterocycles. The van der Waals surface area contributed by atoms with Gasteiger partial charge in [0.25, 0.3) is 0 Å². The van der Waals surface area contributed by atoms with Crippen molar-refractivity contribution >= 4 is 23.2 Å². The first-order valence-corrected chi connectivity index (χ1v) is 9.81. The number of piperazine rings is 1. The van der Waals surface area contributed by atoms with E-state index in [0.717, 1.165) is 43.0 Å². The second kappa shape index (κ2) is 9.52. The Kier molecular flexibility index (Phi) is 6.82. The van der Waals surface area contributed by atoms with Crippen LogP contribution in [0.4, 0.5) is 15.8 Å². The van der Waals surface area contributed by atoms with Crippen molar-refractivity contribution in [1.29, 1.82) is 0 Å². The number of carbonyl (C=O) groups is 2. The molecule has 7 heteroatoms. The smallest absolute Gasteiger partial charge is 0.313 e. The largest absolute Gasteiger partial charge is 0.369 e. The van der Waals surface area contributed by atoms with E-state index in [1.165, 1.54) is 12.1 Å². The number of nitrogens with zero attached hydrogens (tertiary/aromatic N) is 2. The molecule has 3 rings (SSSR count). The summed E-state index contributed by atoms with van der Waals surface area (Å²) in [4.78, 5) is 28.6. The molecular weight excluding hydrogens is 371 g/mol. The van der Waals surface area contributed by atoms with Crippen LogP contribution in [0, 0.1) is 19.7 Å². The van der Waals surface area contributed by atoms with E-state index >= 15 is 0 Å². The number of carbonyl (C=O) groups excluding carboxylic acids is 2. The molecule has 2 aromatic carbocycles. The molecule has 0 saturated carbocycles. The Balaban J connectivity index is 1.38. The predicted octanol–water partition coefficient (Wildman–Crippen LogP) is 2.32. The lowest BCUT2D eigenvalue weighted by Gasteiger charge is -2.36. The van der Waals surface area contributed by atoms with E-state index in [2.05, 4.69) is 20.4 Å². The summed E-state index contributed by atoms with van der Waals surface area (Å²) in [6.45, 7) is 8.36. The van der Waals surface area contributed by atoms with Crippen molar-refractivity contribution in [3.63, 3.8) is 0 Å². The fourth-order valence-corrected chi connectivity index (χ4v) is 3.52. The van der Waals surface area contributed by atoms with Gasteiger partial charge in [-0.1, -0.05) is 6.07 Å². The summed E-state index contributed by atoms with van der Waals surface area (Å²) in [6, 6.07) is 12.2. The minimum Gasteiger partial charge on any atom is -0.369 e.